The van der Waals surface area contributed by atoms with Gasteiger partial charge in [-0.1, -0.05) is 12.1 Å². The molecule has 0 spiro atoms. The van der Waals surface area contributed by atoms with Crippen LogP contribution in [-0.4, -0.2) is 16.8 Å². The highest BCUT2D eigenvalue weighted by Gasteiger charge is 2.24. The van der Waals surface area contributed by atoms with Crippen LogP contribution in [0, 0.1) is 15.9 Å². The van der Waals surface area contributed by atoms with Crippen molar-refractivity contribution in [2.24, 2.45) is 4.99 Å². The van der Waals surface area contributed by atoms with Gasteiger partial charge in [0, 0.05) is 17.7 Å². The molecule has 1 heterocycles. The van der Waals surface area contributed by atoms with Crippen LogP contribution in [0.5, 0.6) is 5.75 Å². The zero-order valence-electron chi connectivity index (χ0n) is 16.0. The first kappa shape index (κ1) is 20.0. The second kappa shape index (κ2) is 8.58. The van der Waals surface area contributed by atoms with Crippen LogP contribution in [0.4, 0.5) is 10.1 Å². The standard InChI is InChI=1S/C23H15FN2O5/c24-18-7-5-17(6-8-18)22-25-21(23(27)31-22)13-15-3-11-20(12-4-15)30-14-16-1-9-19(10-2-16)26(28)29/h1-13H,14H2/b21-13+. The van der Waals surface area contributed by atoms with Crippen LogP contribution < -0.4 is 4.74 Å². The Balaban J connectivity index is 1.41. The second-order valence-electron chi connectivity index (χ2n) is 6.62. The maximum Gasteiger partial charge on any atom is 0.363 e. The second-order valence-corrected chi connectivity index (χ2v) is 6.62. The van der Waals surface area contributed by atoms with E-state index < -0.39 is 10.9 Å². The zero-order valence-corrected chi connectivity index (χ0v) is 16.0. The van der Waals surface area contributed by atoms with Crippen LogP contribution in [0.3, 0.4) is 0 Å². The predicted molar refractivity (Wildman–Crippen MR) is 111 cm³/mol. The molecule has 4 rings (SSSR count). The van der Waals surface area contributed by atoms with Gasteiger partial charge in [-0.15, -0.1) is 0 Å². The van der Waals surface area contributed by atoms with Crippen molar-refractivity contribution in [1.29, 1.82) is 0 Å². The molecule has 0 N–H and O–H groups in total. The van der Waals surface area contributed by atoms with Crippen LogP contribution in [0.1, 0.15) is 16.7 Å². The molecule has 0 aromatic heterocycles. The summed E-state index contributed by atoms with van der Waals surface area (Å²) in [6.07, 6.45) is 1.58. The van der Waals surface area contributed by atoms with Gasteiger partial charge in [-0.3, -0.25) is 10.1 Å². The number of carbonyl (C=O) groups excluding carboxylic acids is 1. The van der Waals surface area contributed by atoms with E-state index in [1.807, 2.05) is 0 Å². The highest BCUT2D eigenvalue weighted by Crippen LogP contribution is 2.21. The maximum absolute atomic E-state index is 13.0. The number of nitro groups is 1. The quantitative estimate of drug-likeness (QED) is 0.251. The average Bonchev–Trinajstić information content (AvgIpc) is 3.14. The molecule has 31 heavy (non-hydrogen) atoms. The van der Waals surface area contributed by atoms with Gasteiger partial charge in [0.2, 0.25) is 5.90 Å². The lowest BCUT2D eigenvalue weighted by atomic mass is 10.2. The van der Waals surface area contributed by atoms with Gasteiger partial charge in [-0.05, 0) is 65.7 Å². The fraction of sp³-hybridized carbons (Fsp3) is 0.0435. The lowest BCUT2D eigenvalue weighted by Crippen LogP contribution is -2.05. The minimum Gasteiger partial charge on any atom is -0.489 e. The minimum atomic E-state index is -0.585. The number of esters is 1. The Hall–Kier alpha value is -4.33. The Bertz CT molecular complexity index is 1180. The molecule has 1 aliphatic heterocycles. The van der Waals surface area contributed by atoms with Gasteiger partial charge in [-0.2, -0.15) is 0 Å². The van der Waals surface area contributed by atoms with Crippen molar-refractivity contribution in [3.63, 3.8) is 0 Å². The molecule has 3 aromatic rings. The first-order valence-corrected chi connectivity index (χ1v) is 9.23. The van der Waals surface area contributed by atoms with E-state index in [0.29, 0.717) is 11.3 Å². The van der Waals surface area contributed by atoms with Gasteiger partial charge in [0.05, 0.1) is 4.92 Å². The largest absolute Gasteiger partial charge is 0.489 e. The molecule has 0 saturated heterocycles. The number of aliphatic imine (C=N–C) groups is 1. The smallest absolute Gasteiger partial charge is 0.363 e. The third-order valence-electron chi connectivity index (χ3n) is 4.45. The minimum absolute atomic E-state index is 0.0248. The number of rotatable bonds is 6. The molecule has 0 atom stereocenters. The van der Waals surface area contributed by atoms with Gasteiger partial charge in [0.15, 0.2) is 5.70 Å². The molecular formula is C23H15FN2O5. The first-order valence-electron chi connectivity index (χ1n) is 9.23. The third-order valence-corrected chi connectivity index (χ3v) is 4.45. The Morgan fingerprint density at radius 1 is 1.00 bits per heavy atom. The molecule has 0 fully saturated rings. The third kappa shape index (κ3) is 4.81. The molecule has 0 aliphatic carbocycles. The molecule has 0 amide bonds. The van der Waals surface area contributed by atoms with E-state index in [1.165, 1.54) is 36.4 Å². The number of nitro benzene ring substituents is 1. The van der Waals surface area contributed by atoms with Gasteiger partial charge in [0.25, 0.3) is 5.69 Å². The number of hydrogen-bond acceptors (Lipinski definition) is 6. The summed E-state index contributed by atoms with van der Waals surface area (Å²) < 4.78 is 23.9. The molecular weight excluding hydrogens is 403 g/mol. The number of ether oxygens (including phenoxy) is 2. The van der Waals surface area contributed by atoms with Crippen LogP contribution in [0.2, 0.25) is 0 Å². The van der Waals surface area contributed by atoms with Crippen molar-refractivity contribution < 1.29 is 23.6 Å². The molecule has 0 radical (unpaired) electrons. The van der Waals surface area contributed by atoms with E-state index in [2.05, 4.69) is 4.99 Å². The molecule has 3 aromatic carbocycles. The average molecular weight is 418 g/mol. The van der Waals surface area contributed by atoms with Gasteiger partial charge >= 0.3 is 5.97 Å². The lowest BCUT2D eigenvalue weighted by molar-refractivity contribution is -0.384. The first-order chi connectivity index (χ1) is 15.0. The molecule has 0 bridgehead atoms. The van der Waals surface area contributed by atoms with E-state index in [0.717, 1.165) is 11.1 Å². The highest BCUT2D eigenvalue weighted by atomic mass is 19.1. The van der Waals surface area contributed by atoms with Crippen molar-refractivity contribution in [2.45, 2.75) is 6.61 Å². The monoisotopic (exact) mass is 418 g/mol. The maximum atomic E-state index is 13.0. The fourth-order valence-corrected chi connectivity index (χ4v) is 2.82. The van der Waals surface area contributed by atoms with Gasteiger partial charge in [-0.25, -0.2) is 14.2 Å². The highest BCUT2D eigenvalue weighted by molar-refractivity contribution is 6.12. The summed E-state index contributed by atoms with van der Waals surface area (Å²) in [6.45, 7) is 0.260. The summed E-state index contributed by atoms with van der Waals surface area (Å²) in [6, 6.07) is 18.6. The van der Waals surface area contributed by atoms with E-state index in [1.54, 1.807) is 42.5 Å². The molecule has 1 aliphatic rings. The number of non-ortho nitro benzene ring substituents is 1. The van der Waals surface area contributed by atoms with E-state index in [9.17, 15) is 19.3 Å². The van der Waals surface area contributed by atoms with Crippen molar-refractivity contribution >= 4 is 23.6 Å². The molecule has 7 nitrogen and oxygen atoms in total. The van der Waals surface area contributed by atoms with E-state index in [4.69, 9.17) is 9.47 Å². The van der Waals surface area contributed by atoms with Crippen LogP contribution in [0.25, 0.3) is 6.08 Å². The van der Waals surface area contributed by atoms with Crippen molar-refractivity contribution in [1.82, 2.24) is 0 Å². The van der Waals surface area contributed by atoms with Gasteiger partial charge in [0.1, 0.15) is 18.2 Å². The van der Waals surface area contributed by atoms with E-state index in [-0.39, 0.29) is 29.7 Å². The van der Waals surface area contributed by atoms with E-state index >= 15 is 0 Å². The van der Waals surface area contributed by atoms with Crippen molar-refractivity contribution in [3.05, 3.63) is 111 Å². The van der Waals surface area contributed by atoms with Crippen LogP contribution in [-0.2, 0) is 16.1 Å². The molecule has 8 heteroatoms. The summed E-state index contributed by atoms with van der Waals surface area (Å²) in [5.74, 6) is -0.248. The zero-order chi connectivity index (χ0) is 21.8. The summed E-state index contributed by atoms with van der Waals surface area (Å²) in [5, 5.41) is 10.7. The Morgan fingerprint density at radius 3 is 2.32 bits per heavy atom. The number of carbonyl (C=O) groups is 1. The summed E-state index contributed by atoms with van der Waals surface area (Å²) >= 11 is 0. The number of nitrogens with zero attached hydrogens (tertiary/aromatic N) is 2. The molecule has 154 valence electrons. The topological polar surface area (TPSA) is 91.0 Å². The fourth-order valence-electron chi connectivity index (χ4n) is 2.82. The number of cyclic esters (lactones) is 1. The predicted octanol–water partition coefficient (Wildman–Crippen LogP) is 4.66. The molecule has 0 unspecified atom stereocenters. The van der Waals surface area contributed by atoms with Crippen molar-refractivity contribution in [2.75, 3.05) is 0 Å². The SMILES string of the molecule is O=C1OC(c2ccc(F)cc2)=N/C1=C/c1ccc(OCc2ccc([N+](=O)[O-])cc2)cc1. The van der Waals surface area contributed by atoms with Gasteiger partial charge < -0.3 is 9.47 Å². The van der Waals surface area contributed by atoms with Crippen LogP contribution >= 0.6 is 0 Å². The number of halogens is 1. The van der Waals surface area contributed by atoms with Crippen LogP contribution in [0.15, 0.2) is 83.5 Å². The normalized spacial score (nSPS) is 14.3. The summed E-state index contributed by atoms with van der Waals surface area (Å²) in [5.41, 5.74) is 2.19. The Morgan fingerprint density at radius 2 is 1.68 bits per heavy atom. The lowest BCUT2D eigenvalue weighted by Gasteiger charge is -2.06. The van der Waals surface area contributed by atoms with Crippen molar-refractivity contribution in [3.8, 4) is 5.75 Å². The Labute approximate surface area is 176 Å². The Kier molecular flexibility index (Phi) is 5.53. The summed E-state index contributed by atoms with van der Waals surface area (Å²) in [4.78, 5) is 26.5. The summed E-state index contributed by atoms with van der Waals surface area (Å²) in [7, 11) is 0. The molecule has 0 saturated carbocycles. The number of benzene rings is 3. The number of hydrogen-bond donors (Lipinski definition) is 0.